The Labute approximate surface area is 199 Å². The van der Waals surface area contributed by atoms with Gasteiger partial charge in [-0.05, 0) is 77.9 Å². The molecule has 3 aromatic carbocycles. The molecule has 0 saturated carbocycles. The van der Waals surface area contributed by atoms with Crippen molar-refractivity contribution in [3.8, 4) is 5.75 Å². The van der Waals surface area contributed by atoms with E-state index in [1.807, 2.05) is 31.2 Å². The summed E-state index contributed by atoms with van der Waals surface area (Å²) in [5, 5.41) is 14.6. The number of benzene rings is 3. The number of amides is 1. The number of nitrogens with one attached hydrogen (secondary N) is 1. The van der Waals surface area contributed by atoms with E-state index in [2.05, 4.69) is 10.3 Å². The maximum absolute atomic E-state index is 12.3. The fourth-order valence-electron chi connectivity index (χ4n) is 3.00. The molecule has 1 aliphatic heterocycles. The highest BCUT2D eigenvalue weighted by atomic mass is 35.5. The normalized spacial score (nSPS) is 15.6. The van der Waals surface area contributed by atoms with Crippen molar-refractivity contribution >= 4 is 51.9 Å². The molecule has 166 valence electrons. The highest BCUT2D eigenvalue weighted by molar-refractivity contribution is 8.18. The maximum atomic E-state index is 12.3. The van der Waals surface area contributed by atoms with E-state index in [0.29, 0.717) is 33.1 Å². The second-order valence-electron chi connectivity index (χ2n) is 7.15. The molecule has 0 atom stereocenters. The average Bonchev–Trinajstić information content (AvgIpc) is 3.15. The summed E-state index contributed by atoms with van der Waals surface area (Å²) in [4.78, 5) is 27.7. The summed E-state index contributed by atoms with van der Waals surface area (Å²) in [6.07, 6.45) is 1.79. The van der Waals surface area contributed by atoms with Crippen molar-refractivity contribution in [1.82, 2.24) is 5.32 Å². The molecule has 0 aliphatic carbocycles. The Balaban J connectivity index is 1.40. The van der Waals surface area contributed by atoms with Crippen LogP contribution in [-0.2, 0) is 11.4 Å². The minimum absolute atomic E-state index is 0.0425. The summed E-state index contributed by atoms with van der Waals surface area (Å²) in [7, 11) is 0. The lowest BCUT2D eigenvalue weighted by molar-refractivity contribution is -0.384. The SMILES string of the molecule is Cc1c(Cl)cccc1N=C1NC(=O)/C(=C\c2ccc(OCc3ccc([N+](=O)[O-])cc3)cc2)S1. The van der Waals surface area contributed by atoms with Crippen LogP contribution in [0.2, 0.25) is 5.02 Å². The molecule has 0 aromatic heterocycles. The third kappa shape index (κ3) is 5.60. The van der Waals surface area contributed by atoms with E-state index in [-0.39, 0.29) is 11.6 Å². The first-order valence-electron chi connectivity index (χ1n) is 9.90. The Kier molecular flexibility index (Phi) is 6.76. The molecular formula is C24H18ClN3O4S. The number of ether oxygens (including phenoxy) is 1. The molecule has 3 aromatic rings. The van der Waals surface area contributed by atoms with Gasteiger partial charge in [0.2, 0.25) is 0 Å². The number of thioether (sulfide) groups is 1. The fraction of sp³-hybridized carbons (Fsp3) is 0.0833. The van der Waals surface area contributed by atoms with Crippen LogP contribution in [0.4, 0.5) is 11.4 Å². The number of rotatable bonds is 6. The minimum atomic E-state index is -0.437. The molecule has 0 spiro atoms. The Bertz CT molecular complexity index is 1270. The second-order valence-corrected chi connectivity index (χ2v) is 8.58. The van der Waals surface area contributed by atoms with E-state index in [1.54, 1.807) is 36.4 Å². The molecule has 1 amide bonds. The first-order chi connectivity index (χ1) is 15.9. The van der Waals surface area contributed by atoms with Gasteiger partial charge in [-0.1, -0.05) is 29.8 Å². The summed E-state index contributed by atoms with van der Waals surface area (Å²) in [6.45, 7) is 2.17. The molecule has 0 bridgehead atoms. The third-order valence-corrected chi connectivity index (χ3v) is 6.16. The van der Waals surface area contributed by atoms with E-state index in [4.69, 9.17) is 16.3 Å². The second kappa shape index (κ2) is 9.89. The largest absolute Gasteiger partial charge is 0.489 e. The van der Waals surface area contributed by atoms with Gasteiger partial charge in [-0.3, -0.25) is 14.9 Å². The van der Waals surface area contributed by atoms with E-state index >= 15 is 0 Å². The quantitative estimate of drug-likeness (QED) is 0.265. The first kappa shape index (κ1) is 22.6. The van der Waals surface area contributed by atoms with Crippen molar-refractivity contribution in [2.75, 3.05) is 0 Å². The van der Waals surface area contributed by atoms with Gasteiger partial charge in [0.05, 0.1) is 15.5 Å². The number of non-ortho nitro benzene ring substituents is 1. The van der Waals surface area contributed by atoms with Gasteiger partial charge < -0.3 is 10.1 Å². The van der Waals surface area contributed by atoms with Crippen LogP contribution in [0.1, 0.15) is 16.7 Å². The van der Waals surface area contributed by atoms with Crippen LogP contribution >= 0.6 is 23.4 Å². The van der Waals surface area contributed by atoms with E-state index < -0.39 is 4.92 Å². The predicted octanol–water partition coefficient (Wildman–Crippen LogP) is 6.03. The molecule has 1 saturated heterocycles. The lowest BCUT2D eigenvalue weighted by Gasteiger charge is -2.06. The van der Waals surface area contributed by atoms with Crippen LogP contribution in [0.3, 0.4) is 0 Å². The number of nitrogens with zero attached hydrogens (tertiary/aromatic N) is 2. The van der Waals surface area contributed by atoms with E-state index in [1.165, 1.54) is 23.9 Å². The van der Waals surface area contributed by atoms with E-state index in [9.17, 15) is 14.9 Å². The number of amidine groups is 1. The van der Waals surface area contributed by atoms with Crippen LogP contribution in [0.15, 0.2) is 76.6 Å². The number of halogens is 1. The smallest absolute Gasteiger partial charge is 0.269 e. The Morgan fingerprint density at radius 3 is 2.55 bits per heavy atom. The lowest BCUT2D eigenvalue weighted by atomic mass is 10.2. The molecule has 1 heterocycles. The van der Waals surface area contributed by atoms with Gasteiger partial charge in [0.1, 0.15) is 12.4 Å². The molecule has 7 nitrogen and oxygen atoms in total. The summed E-state index contributed by atoms with van der Waals surface area (Å²) >= 11 is 7.41. The van der Waals surface area contributed by atoms with Crippen molar-refractivity contribution in [1.29, 1.82) is 0 Å². The molecule has 0 unspecified atom stereocenters. The fourth-order valence-corrected chi connectivity index (χ4v) is 4.00. The average molecular weight is 480 g/mol. The van der Waals surface area contributed by atoms with Gasteiger partial charge in [0.15, 0.2) is 5.17 Å². The zero-order chi connectivity index (χ0) is 23.4. The lowest BCUT2D eigenvalue weighted by Crippen LogP contribution is -2.19. The highest BCUT2D eigenvalue weighted by Crippen LogP contribution is 2.31. The number of carbonyl (C=O) groups is 1. The number of hydrogen-bond donors (Lipinski definition) is 1. The van der Waals surface area contributed by atoms with Crippen LogP contribution in [0, 0.1) is 17.0 Å². The summed E-state index contributed by atoms with van der Waals surface area (Å²) in [6, 6.07) is 19.0. The third-order valence-electron chi connectivity index (χ3n) is 4.84. The van der Waals surface area contributed by atoms with Crippen molar-refractivity contribution in [2.45, 2.75) is 13.5 Å². The Hall–Kier alpha value is -3.62. The minimum Gasteiger partial charge on any atom is -0.489 e. The monoisotopic (exact) mass is 479 g/mol. The zero-order valence-corrected chi connectivity index (χ0v) is 19.0. The number of hydrogen-bond acceptors (Lipinski definition) is 6. The molecule has 4 rings (SSSR count). The Morgan fingerprint density at radius 2 is 1.85 bits per heavy atom. The highest BCUT2D eigenvalue weighted by Gasteiger charge is 2.24. The van der Waals surface area contributed by atoms with Gasteiger partial charge in [-0.25, -0.2) is 4.99 Å². The molecule has 33 heavy (non-hydrogen) atoms. The first-order valence-corrected chi connectivity index (χ1v) is 11.1. The maximum Gasteiger partial charge on any atom is 0.269 e. The van der Waals surface area contributed by atoms with Gasteiger partial charge >= 0.3 is 0 Å². The number of nitro benzene ring substituents is 1. The molecular weight excluding hydrogens is 462 g/mol. The molecule has 0 radical (unpaired) electrons. The van der Waals surface area contributed by atoms with Gasteiger partial charge in [-0.2, -0.15) is 0 Å². The number of nitro groups is 1. The molecule has 1 N–H and O–H groups in total. The van der Waals surface area contributed by atoms with Gasteiger partial charge in [0.25, 0.3) is 11.6 Å². The molecule has 1 aliphatic rings. The predicted molar refractivity (Wildman–Crippen MR) is 131 cm³/mol. The zero-order valence-electron chi connectivity index (χ0n) is 17.4. The molecule has 1 fully saturated rings. The van der Waals surface area contributed by atoms with Crippen molar-refractivity contribution < 1.29 is 14.5 Å². The van der Waals surface area contributed by atoms with Crippen LogP contribution in [0.25, 0.3) is 6.08 Å². The number of aliphatic imine (C=N–C) groups is 1. The van der Waals surface area contributed by atoms with Crippen LogP contribution in [0.5, 0.6) is 5.75 Å². The Morgan fingerprint density at radius 1 is 1.12 bits per heavy atom. The van der Waals surface area contributed by atoms with Crippen molar-refractivity contribution in [3.63, 3.8) is 0 Å². The van der Waals surface area contributed by atoms with Crippen LogP contribution < -0.4 is 10.1 Å². The van der Waals surface area contributed by atoms with Crippen molar-refractivity contribution in [3.05, 3.63) is 103 Å². The van der Waals surface area contributed by atoms with Gasteiger partial charge in [-0.15, -0.1) is 0 Å². The standard InChI is InChI=1S/C24H18ClN3O4S/c1-15-20(25)3-2-4-21(15)26-24-27-23(29)22(33-24)13-16-7-11-19(12-8-16)32-14-17-5-9-18(10-6-17)28(30)31/h2-13H,14H2,1H3,(H,26,27,29)/b22-13+. The summed E-state index contributed by atoms with van der Waals surface area (Å²) in [5.74, 6) is 0.439. The summed E-state index contributed by atoms with van der Waals surface area (Å²) in [5.41, 5.74) is 3.27. The van der Waals surface area contributed by atoms with E-state index in [0.717, 1.165) is 16.7 Å². The van der Waals surface area contributed by atoms with Gasteiger partial charge in [0, 0.05) is 17.2 Å². The van der Waals surface area contributed by atoms with Crippen molar-refractivity contribution in [2.24, 2.45) is 4.99 Å². The molecule has 9 heteroatoms. The summed E-state index contributed by atoms with van der Waals surface area (Å²) < 4.78 is 5.74. The van der Waals surface area contributed by atoms with Crippen LogP contribution in [-0.4, -0.2) is 16.0 Å². The number of carbonyl (C=O) groups excluding carboxylic acids is 1. The topological polar surface area (TPSA) is 93.8 Å².